The summed E-state index contributed by atoms with van der Waals surface area (Å²) in [4.78, 5) is 0. The van der Waals surface area contributed by atoms with Crippen LogP contribution in [0.5, 0.6) is 0 Å². The smallest absolute Gasteiger partial charge is 0.0533 e. The summed E-state index contributed by atoms with van der Waals surface area (Å²) in [5.41, 5.74) is 0. The molecule has 0 heterocycles. The van der Waals surface area contributed by atoms with E-state index in [0.717, 1.165) is 0 Å². The van der Waals surface area contributed by atoms with Crippen LogP contribution in [0.15, 0.2) is 0 Å². The van der Waals surface area contributed by atoms with Gasteiger partial charge in [0.25, 0.3) is 0 Å². The topological polar surface area (TPSA) is 0 Å². The van der Waals surface area contributed by atoms with E-state index in [1.807, 2.05) is 0 Å². The molecule has 0 aliphatic carbocycles. The highest BCUT2D eigenvalue weighted by atomic mass is 79.9. The molecule has 0 saturated carbocycles. The highest BCUT2D eigenvalue weighted by Crippen LogP contribution is 2.07. The lowest BCUT2D eigenvalue weighted by atomic mass is 10.1. The molecule has 0 N–H and O–H groups in total. The minimum Gasteiger partial charge on any atom is -0.114 e. The van der Waals surface area contributed by atoms with Crippen LogP contribution in [0.2, 0.25) is 0 Å². The number of unbranched alkanes of at least 4 members (excludes halogenated alkanes) is 7. The van der Waals surface area contributed by atoms with Crippen molar-refractivity contribution in [2.24, 2.45) is 0 Å². The van der Waals surface area contributed by atoms with E-state index < -0.39 is 0 Å². The average molecular weight is 304 g/mol. The first-order chi connectivity index (χ1) is 4.91. The summed E-state index contributed by atoms with van der Waals surface area (Å²) in [6.07, 6.45) is 11.5. The van der Waals surface area contributed by atoms with Crippen molar-refractivity contribution in [1.29, 1.82) is 0 Å². The molecule has 0 bridgehead atoms. The first kappa shape index (κ1) is 18.7. The summed E-state index contributed by atoms with van der Waals surface area (Å²) in [6.45, 7) is 4.54. The quantitative estimate of drug-likeness (QED) is 0.560. The van der Waals surface area contributed by atoms with Crippen molar-refractivity contribution >= 4 is 34.0 Å². The van der Waals surface area contributed by atoms with E-state index >= 15 is 0 Å². The van der Waals surface area contributed by atoms with E-state index in [4.69, 9.17) is 0 Å². The molecular formula is C10H24Br2. The summed E-state index contributed by atoms with van der Waals surface area (Å²) >= 11 is 0. The van der Waals surface area contributed by atoms with Gasteiger partial charge in [0.15, 0.2) is 0 Å². The van der Waals surface area contributed by atoms with Crippen molar-refractivity contribution in [1.82, 2.24) is 0 Å². The molecule has 0 aliphatic heterocycles. The molecular weight excluding hydrogens is 280 g/mol. The van der Waals surface area contributed by atoms with Gasteiger partial charge in [0, 0.05) is 0 Å². The molecule has 0 radical (unpaired) electrons. The monoisotopic (exact) mass is 302 g/mol. The van der Waals surface area contributed by atoms with Crippen LogP contribution in [-0.4, -0.2) is 0 Å². The highest BCUT2D eigenvalue weighted by molar-refractivity contribution is 8.93. The van der Waals surface area contributed by atoms with E-state index in [-0.39, 0.29) is 34.0 Å². The Hall–Kier alpha value is 0.960. The van der Waals surface area contributed by atoms with Crippen LogP contribution in [0.25, 0.3) is 0 Å². The molecule has 0 aromatic carbocycles. The molecule has 78 valence electrons. The average Bonchev–Trinajstić information content (AvgIpc) is 1.97. The molecule has 0 saturated heterocycles. The zero-order valence-electron chi connectivity index (χ0n) is 8.47. The standard InChI is InChI=1S/C10H22.2BrH/c1-3-5-7-9-10-8-6-4-2;;/h3-10H2,1-2H3;2*1H. The largest absolute Gasteiger partial charge is 0.114 e. The Labute approximate surface area is 99.0 Å². The predicted molar refractivity (Wildman–Crippen MR) is 68.9 cm³/mol. The minimum atomic E-state index is 0. The van der Waals surface area contributed by atoms with Gasteiger partial charge in [-0.3, -0.25) is 0 Å². The zero-order valence-corrected chi connectivity index (χ0v) is 11.9. The van der Waals surface area contributed by atoms with Gasteiger partial charge in [-0.1, -0.05) is 65.2 Å². The summed E-state index contributed by atoms with van der Waals surface area (Å²) in [6, 6.07) is 0. The van der Waals surface area contributed by atoms with Crippen LogP contribution >= 0.6 is 34.0 Å². The molecule has 0 fully saturated rings. The van der Waals surface area contributed by atoms with Gasteiger partial charge in [0.2, 0.25) is 0 Å². The third-order valence-electron chi connectivity index (χ3n) is 1.96. The Bertz CT molecular complexity index is 47.8. The first-order valence-electron chi connectivity index (χ1n) is 4.91. The van der Waals surface area contributed by atoms with Crippen LogP contribution in [0.4, 0.5) is 0 Å². The Balaban J connectivity index is -0.000000405. The highest BCUT2D eigenvalue weighted by Gasteiger charge is 1.87. The summed E-state index contributed by atoms with van der Waals surface area (Å²) in [7, 11) is 0. The van der Waals surface area contributed by atoms with E-state index in [1.54, 1.807) is 0 Å². The van der Waals surface area contributed by atoms with E-state index in [2.05, 4.69) is 13.8 Å². The Morgan fingerprint density at radius 2 is 0.750 bits per heavy atom. The van der Waals surface area contributed by atoms with E-state index in [9.17, 15) is 0 Å². The Kier molecular flexibility index (Phi) is 27.9. The molecule has 12 heavy (non-hydrogen) atoms. The molecule has 2 heteroatoms. The molecule has 0 nitrogen and oxygen atoms in total. The maximum Gasteiger partial charge on any atom is -0.0533 e. The lowest BCUT2D eigenvalue weighted by Gasteiger charge is -1.97. The zero-order chi connectivity index (χ0) is 7.66. The second-order valence-electron chi connectivity index (χ2n) is 3.12. The maximum absolute atomic E-state index is 2.27. The van der Waals surface area contributed by atoms with Crippen LogP contribution in [-0.2, 0) is 0 Å². The van der Waals surface area contributed by atoms with Crippen molar-refractivity contribution in [2.75, 3.05) is 0 Å². The third kappa shape index (κ3) is 17.2. The van der Waals surface area contributed by atoms with Crippen molar-refractivity contribution in [3.05, 3.63) is 0 Å². The normalized spacial score (nSPS) is 8.50. The van der Waals surface area contributed by atoms with E-state index in [0.29, 0.717) is 0 Å². The first-order valence-corrected chi connectivity index (χ1v) is 4.91. The van der Waals surface area contributed by atoms with Gasteiger partial charge in [0.05, 0.1) is 0 Å². The fourth-order valence-corrected chi connectivity index (χ4v) is 1.21. The number of halogens is 2. The fourth-order valence-electron chi connectivity index (χ4n) is 1.21. The molecule has 0 rings (SSSR count). The number of hydrogen-bond acceptors (Lipinski definition) is 0. The second-order valence-corrected chi connectivity index (χ2v) is 3.12. The minimum absolute atomic E-state index is 0. The number of rotatable bonds is 7. The van der Waals surface area contributed by atoms with Gasteiger partial charge >= 0.3 is 0 Å². The van der Waals surface area contributed by atoms with Crippen molar-refractivity contribution in [3.63, 3.8) is 0 Å². The molecule has 0 aromatic heterocycles. The van der Waals surface area contributed by atoms with Gasteiger partial charge in [-0.15, -0.1) is 34.0 Å². The number of hydrogen-bond donors (Lipinski definition) is 0. The summed E-state index contributed by atoms with van der Waals surface area (Å²) < 4.78 is 0. The van der Waals surface area contributed by atoms with Crippen molar-refractivity contribution in [3.8, 4) is 0 Å². The Morgan fingerprint density at radius 3 is 1.00 bits per heavy atom. The van der Waals surface area contributed by atoms with Crippen LogP contribution < -0.4 is 0 Å². The van der Waals surface area contributed by atoms with Gasteiger partial charge in [-0.05, 0) is 0 Å². The van der Waals surface area contributed by atoms with Crippen molar-refractivity contribution < 1.29 is 0 Å². The molecule has 0 spiro atoms. The van der Waals surface area contributed by atoms with Crippen LogP contribution in [0.1, 0.15) is 65.2 Å². The third-order valence-corrected chi connectivity index (χ3v) is 1.96. The SMILES string of the molecule is Br.Br.CCCCCCCCCC. The molecule has 0 unspecified atom stereocenters. The fraction of sp³-hybridized carbons (Fsp3) is 1.00. The van der Waals surface area contributed by atoms with Gasteiger partial charge < -0.3 is 0 Å². The lowest BCUT2D eigenvalue weighted by molar-refractivity contribution is 0.585. The van der Waals surface area contributed by atoms with Crippen LogP contribution in [0.3, 0.4) is 0 Å². The summed E-state index contributed by atoms with van der Waals surface area (Å²) in [5, 5.41) is 0. The van der Waals surface area contributed by atoms with Crippen molar-refractivity contribution in [2.45, 2.75) is 65.2 Å². The molecule has 0 aliphatic rings. The molecule has 0 amide bonds. The molecule has 0 atom stereocenters. The Morgan fingerprint density at radius 1 is 0.500 bits per heavy atom. The van der Waals surface area contributed by atoms with Gasteiger partial charge in [-0.2, -0.15) is 0 Å². The van der Waals surface area contributed by atoms with Gasteiger partial charge in [-0.25, -0.2) is 0 Å². The van der Waals surface area contributed by atoms with Gasteiger partial charge in [0.1, 0.15) is 0 Å². The molecule has 0 aromatic rings. The maximum atomic E-state index is 2.27. The van der Waals surface area contributed by atoms with Crippen LogP contribution in [0, 0.1) is 0 Å². The summed E-state index contributed by atoms with van der Waals surface area (Å²) in [5.74, 6) is 0. The second kappa shape index (κ2) is 17.9. The predicted octanol–water partition coefficient (Wildman–Crippen LogP) is 5.30. The van der Waals surface area contributed by atoms with E-state index in [1.165, 1.54) is 51.4 Å². The lowest BCUT2D eigenvalue weighted by Crippen LogP contribution is -1.77.